The van der Waals surface area contributed by atoms with Gasteiger partial charge in [-0.25, -0.2) is 0 Å². The van der Waals surface area contributed by atoms with Crippen molar-refractivity contribution in [2.75, 3.05) is 39.5 Å². The number of nitrogens with zero attached hydrogens (tertiary/aromatic N) is 2. The van der Waals surface area contributed by atoms with Gasteiger partial charge in [0, 0.05) is 26.9 Å². The maximum absolute atomic E-state index is 15.6. The Morgan fingerprint density at radius 2 is 0.897 bits per heavy atom. The Hall–Kier alpha value is -7.16. The topological polar surface area (TPSA) is 684 Å². The highest BCUT2D eigenvalue weighted by Gasteiger charge is 2.55. The minimum Gasteiger partial charge on any atom is -0.480 e. The molecule has 44 heteroatoms. The third-order valence-electron chi connectivity index (χ3n) is 18.6. The number of rotatable bonds is 35. The molecule has 0 aromatic heterocycles. The maximum atomic E-state index is 15.6. The van der Waals surface area contributed by atoms with Gasteiger partial charge in [-0.15, -0.1) is 0 Å². The van der Waals surface area contributed by atoms with Gasteiger partial charge >= 0.3 is 5.97 Å². The highest BCUT2D eigenvalue weighted by Crippen LogP contribution is 2.33. The molecule has 610 valence electrons. The Bertz CT molecular complexity index is 3060. The van der Waals surface area contributed by atoms with Crippen molar-refractivity contribution in [1.29, 1.82) is 0 Å². The predicted octanol–water partition coefficient (Wildman–Crippen LogP) is -13.9. The van der Waals surface area contributed by atoms with Crippen molar-refractivity contribution in [3.8, 4) is 0 Å². The standard InChI is InChI=1S/C63H106N12O32/c1-21(2)37(68-57(98)40(25(6)81)71-58(99)39(24(5)80)70-54(95)36(64)22(3)78)56(97)72-41(26(7)82)59(100)74-15-11-14-31(74)53(94)73-42(60(101)75-16-12-13-30(75)52(93)69-38(23(4)79)55(96)65-17-35(85)86)27(8)103-62-44(67-29(10)84)51(107-63-50(92)49(91)46(88)33(19-77)105-63)47(89)34(106-62)20-102-61-43(66-28(9)83)48(90)45(87)32(18-76)104-61/h21-27,30-34,36-51,61-63,76-82,87-92H,11-20,64H2,1-10H3,(H,65,96)(H,66,83)(H,67,84)(H,68,98)(H,69,93)(H,70,95)(H,71,99)(H,72,97)(H,73,94)(H,85,86)/t22-,23-,24-,25-,26-,27-,30+,31+,32-,33-,34-,36+,37+,38+,39+,40+,41+,42+,43-,44-,45-,46+,47+,48-,49+,50-,51-,61-,62+,63+/m1/s1. The van der Waals surface area contributed by atoms with Gasteiger partial charge in [0.15, 0.2) is 18.9 Å². The summed E-state index contributed by atoms with van der Waals surface area (Å²) in [6.45, 7) is 7.28. The molecule has 0 aliphatic carbocycles. The molecule has 0 spiro atoms. The smallest absolute Gasteiger partial charge is 0.322 e. The van der Waals surface area contributed by atoms with Crippen molar-refractivity contribution in [2.45, 2.75) is 278 Å². The number of carbonyl (C=O) groups excluding carboxylic acids is 11. The molecule has 5 heterocycles. The summed E-state index contributed by atoms with van der Waals surface area (Å²) in [5.74, 6) is -14.4. The van der Waals surface area contributed by atoms with Crippen molar-refractivity contribution in [1.82, 2.24) is 57.7 Å². The number of hydrogen-bond acceptors (Lipinski definition) is 32. The van der Waals surface area contributed by atoms with Crippen LogP contribution < -0.4 is 53.6 Å². The predicted molar refractivity (Wildman–Crippen MR) is 356 cm³/mol. The number of carboxylic acid groups (broad SMARTS) is 1. The van der Waals surface area contributed by atoms with Crippen LogP contribution in [0, 0.1) is 5.92 Å². The second-order valence-corrected chi connectivity index (χ2v) is 27.5. The van der Waals surface area contributed by atoms with E-state index in [1.165, 1.54) is 20.8 Å². The van der Waals surface area contributed by atoms with Gasteiger partial charge in [-0.1, -0.05) is 13.8 Å². The quantitative estimate of drug-likeness (QED) is 0.0280. The molecular weight excluding hydrogens is 1440 g/mol. The summed E-state index contributed by atoms with van der Waals surface area (Å²) in [7, 11) is 0. The van der Waals surface area contributed by atoms with Crippen LogP contribution in [0.5, 0.6) is 0 Å². The van der Waals surface area contributed by atoms with Crippen molar-refractivity contribution < 1.29 is 157 Å². The van der Waals surface area contributed by atoms with Gasteiger partial charge in [0.2, 0.25) is 65.0 Å². The summed E-state index contributed by atoms with van der Waals surface area (Å²) in [4.78, 5) is 166. The first-order valence-electron chi connectivity index (χ1n) is 34.8. The van der Waals surface area contributed by atoms with Crippen LogP contribution in [0.3, 0.4) is 0 Å². The number of amides is 11. The Morgan fingerprint density at radius 1 is 0.477 bits per heavy atom. The number of carboxylic acids is 1. The van der Waals surface area contributed by atoms with Crippen LogP contribution in [-0.4, -0.2) is 375 Å². The molecule has 0 bridgehead atoms. The third-order valence-corrected chi connectivity index (χ3v) is 18.6. The zero-order valence-electron chi connectivity index (χ0n) is 60.6. The third kappa shape index (κ3) is 23.4. The second kappa shape index (κ2) is 40.5. The van der Waals surface area contributed by atoms with Crippen molar-refractivity contribution in [2.24, 2.45) is 11.7 Å². The molecule has 25 N–H and O–H groups in total. The Morgan fingerprint density at radius 3 is 1.36 bits per heavy atom. The summed E-state index contributed by atoms with van der Waals surface area (Å²) in [5, 5.41) is 170. The fraction of sp³-hybridized carbons (Fsp3) is 0.810. The van der Waals surface area contributed by atoms with Crippen LogP contribution in [0.15, 0.2) is 0 Å². The van der Waals surface area contributed by atoms with Crippen LogP contribution in [0.1, 0.15) is 94.9 Å². The molecule has 11 amide bonds. The molecule has 5 rings (SSSR count). The number of aliphatic hydroxyl groups excluding tert-OH is 13. The second-order valence-electron chi connectivity index (χ2n) is 27.5. The first-order chi connectivity index (χ1) is 50.0. The Kier molecular flexibility index (Phi) is 34.2. The summed E-state index contributed by atoms with van der Waals surface area (Å²) in [5.41, 5.74) is 5.68. The lowest BCUT2D eigenvalue weighted by molar-refractivity contribution is -0.352. The first-order valence-corrected chi connectivity index (χ1v) is 34.8. The minimum absolute atomic E-state index is 0.0332. The molecule has 0 aromatic carbocycles. The molecule has 5 saturated heterocycles. The van der Waals surface area contributed by atoms with Crippen LogP contribution in [0.4, 0.5) is 0 Å². The van der Waals surface area contributed by atoms with E-state index >= 15 is 9.59 Å². The van der Waals surface area contributed by atoms with E-state index in [1.807, 2.05) is 5.32 Å². The SMILES string of the molecule is CC(=O)N[C@H]1[C@H](OC[C@H]2O[C@H](O[C@H](C)[C@H](NC(=O)[C@@H]3CCCN3C(=O)[C@@H](NC(=O)[C@@H](NC(=O)[C@@H](NC(=O)[C@@H](NC(=O)[C@@H](N)[C@@H](C)O)[C@@H](C)O)[C@@H](C)O)C(C)C)[C@@H](C)O)C(=O)N3CCC[C@H]3C(=O)N[C@H](C(=O)NCC(=O)O)[C@@H](C)O)[C@H](NC(C)=O)[C@@H](O[C@@H]3O[C@H](CO)[C@H](O)[C@H](O)[C@H]3O)[C@H]2O)O[C@H](CO)[C@@H](O)[C@@H]1O. The van der Waals surface area contributed by atoms with Crippen LogP contribution in [0.25, 0.3) is 0 Å². The van der Waals surface area contributed by atoms with E-state index in [9.17, 15) is 119 Å². The van der Waals surface area contributed by atoms with E-state index in [1.54, 1.807) is 0 Å². The van der Waals surface area contributed by atoms with Gasteiger partial charge in [-0.05, 0) is 73.1 Å². The lowest BCUT2D eigenvalue weighted by Crippen LogP contribution is -2.69. The maximum Gasteiger partial charge on any atom is 0.322 e. The fourth-order valence-corrected chi connectivity index (χ4v) is 12.6. The number of ether oxygens (including phenoxy) is 6. The first kappa shape index (κ1) is 90.5. The zero-order valence-corrected chi connectivity index (χ0v) is 60.6. The minimum atomic E-state index is -2.19. The number of aliphatic hydroxyl groups is 13. The molecule has 44 nitrogen and oxygen atoms in total. The highest BCUT2D eigenvalue weighted by atomic mass is 16.7. The van der Waals surface area contributed by atoms with Crippen molar-refractivity contribution in [3.63, 3.8) is 0 Å². The molecule has 5 fully saturated rings. The van der Waals surface area contributed by atoms with E-state index in [-0.39, 0.29) is 38.8 Å². The molecule has 0 radical (unpaired) electrons. The number of nitrogens with two attached hydrogens (primary N) is 1. The van der Waals surface area contributed by atoms with E-state index in [2.05, 4.69) is 42.5 Å². The number of likely N-dealkylation sites (tertiary alicyclic amines) is 2. The molecule has 0 aromatic rings. The lowest BCUT2D eigenvalue weighted by Gasteiger charge is -2.48. The number of carbonyl (C=O) groups is 12. The lowest BCUT2D eigenvalue weighted by atomic mass is 9.94. The summed E-state index contributed by atoms with van der Waals surface area (Å²) >= 11 is 0. The molecule has 30 atom stereocenters. The molecule has 5 aliphatic rings. The van der Waals surface area contributed by atoms with Crippen molar-refractivity contribution in [3.05, 3.63) is 0 Å². The summed E-state index contributed by atoms with van der Waals surface area (Å²) in [6, 6.07) is -19.4. The van der Waals surface area contributed by atoms with E-state index in [0.717, 1.165) is 58.3 Å². The summed E-state index contributed by atoms with van der Waals surface area (Å²) in [6.07, 6.45) is -35.6. The highest BCUT2D eigenvalue weighted by molar-refractivity contribution is 5.99. The number of nitrogens with one attached hydrogen (secondary N) is 9. The molecule has 0 unspecified atom stereocenters. The summed E-state index contributed by atoms with van der Waals surface area (Å²) < 4.78 is 36.2. The van der Waals surface area contributed by atoms with Gasteiger partial charge < -0.3 is 163 Å². The average Bonchev–Trinajstić information content (AvgIpc) is 1.49. The van der Waals surface area contributed by atoms with E-state index < -0.39 is 286 Å². The largest absolute Gasteiger partial charge is 0.480 e. The van der Waals surface area contributed by atoms with E-state index in [4.69, 9.17) is 34.2 Å². The number of hydrogen-bond donors (Lipinski definition) is 24. The van der Waals surface area contributed by atoms with E-state index in [0.29, 0.717) is 0 Å². The van der Waals surface area contributed by atoms with Crippen LogP contribution >= 0.6 is 0 Å². The van der Waals surface area contributed by atoms with Crippen molar-refractivity contribution >= 4 is 70.9 Å². The van der Waals surface area contributed by atoms with Crippen LogP contribution in [-0.2, 0) is 86.0 Å². The molecule has 5 aliphatic heterocycles. The molecule has 0 saturated carbocycles. The number of aliphatic carboxylic acids is 1. The normalized spacial score (nSPS) is 31.1. The van der Waals surface area contributed by atoms with Gasteiger partial charge in [0.05, 0.1) is 56.4 Å². The van der Waals surface area contributed by atoms with Gasteiger partial charge in [-0.2, -0.15) is 0 Å². The zero-order chi connectivity index (χ0) is 80.7. The average molecular weight is 1540 g/mol. The molecular formula is C63H106N12O32. The molecule has 107 heavy (non-hydrogen) atoms. The van der Waals surface area contributed by atoms with Gasteiger partial charge in [0.1, 0.15) is 134 Å². The van der Waals surface area contributed by atoms with Gasteiger partial charge in [-0.3, -0.25) is 57.5 Å². The van der Waals surface area contributed by atoms with Gasteiger partial charge in [0.25, 0.3) is 0 Å². The monoisotopic (exact) mass is 1540 g/mol. The Balaban J connectivity index is 1.55. The fourth-order valence-electron chi connectivity index (χ4n) is 12.6. The van der Waals surface area contributed by atoms with Crippen LogP contribution in [0.2, 0.25) is 0 Å². The Labute approximate surface area is 613 Å².